The van der Waals surface area contributed by atoms with Crippen molar-refractivity contribution in [3.05, 3.63) is 66.5 Å². The van der Waals surface area contributed by atoms with Crippen molar-refractivity contribution in [2.45, 2.75) is 11.3 Å². The van der Waals surface area contributed by atoms with E-state index in [1.165, 1.54) is 0 Å². The topological polar surface area (TPSA) is 89.8 Å². The molecule has 0 saturated carbocycles. The Morgan fingerprint density at radius 2 is 1.88 bits per heavy atom. The summed E-state index contributed by atoms with van der Waals surface area (Å²) in [5.74, 6) is 0. The van der Waals surface area contributed by atoms with E-state index in [2.05, 4.69) is 18.6 Å². The molecule has 0 fully saturated rings. The highest BCUT2D eigenvalue weighted by Gasteiger charge is 2.19. The molecule has 0 aliphatic rings. The van der Waals surface area contributed by atoms with Crippen molar-refractivity contribution in [3.8, 4) is 5.69 Å². The van der Waals surface area contributed by atoms with Gasteiger partial charge in [0.15, 0.2) is 0 Å². The van der Waals surface area contributed by atoms with Crippen LogP contribution in [0.1, 0.15) is 5.56 Å². The third-order valence-electron chi connectivity index (χ3n) is 3.90. The van der Waals surface area contributed by atoms with E-state index in [4.69, 9.17) is 0 Å². The van der Waals surface area contributed by atoms with Crippen LogP contribution in [0.3, 0.4) is 0 Å². The summed E-state index contributed by atoms with van der Waals surface area (Å²) in [7, 11) is -3.65. The molecule has 132 valence electrons. The maximum absolute atomic E-state index is 12.6. The Morgan fingerprint density at radius 3 is 2.73 bits per heavy atom. The van der Waals surface area contributed by atoms with Crippen molar-refractivity contribution in [1.29, 1.82) is 0 Å². The molecule has 0 spiro atoms. The molecule has 0 aliphatic carbocycles. The van der Waals surface area contributed by atoms with Gasteiger partial charge in [0.05, 0.1) is 23.6 Å². The second-order valence-corrected chi connectivity index (χ2v) is 7.93. The Kier molecular flexibility index (Phi) is 4.49. The molecule has 9 heteroatoms. The van der Waals surface area contributed by atoms with Gasteiger partial charge >= 0.3 is 0 Å². The maximum atomic E-state index is 12.6. The van der Waals surface area contributed by atoms with Gasteiger partial charge < -0.3 is 0 Å². The van der Waals surface area contributed by atoms with E-state index in [1.54, 1.807) is 29.1 Å². The predicted molar refractivity (Wildman–Crippen MR) is 99.9 cm³/mol. The number of para-hydroxylation sites is 1. The first-order valence-corrected chi connectivity index (χ1v) is 10.1. The van der Waals surface area contributed by atoms with Crippen molar-refractivity contribution < 1.29 is 8.42 Å². The van der Waals surface area contributed by atoms with Gasteiger partial charge in [0, 0.05) is 12.7 Å². The zero-order chi connectivity index (χ0) is 18.0. The van der Waals surface area contributed by atoms with Gasteiger partial charge in [-0.3, -0.25) is 0 Å². The largest absolute Gasteiger partial charge is 0.242 e. The standard InChI is InChI=1S/C17H15N5O2S2/c23-26(24,16-8-4-7-15-17(16)21-25-20-15)19-10-9-13-11-18-22(12-13)14-5-2-1-3-6-14/h1-8,11-12,19H,9-10H2. The minimum atomic E-state index is -3.65. The smallest absolute Gasteiger partial charge is 0.241 e. The van der Waals surface area contributed by atoms with E-state index in [1.807, 2.05) is 36.5 Å². The van der Waals surface area contributed by atoms with E-state index in [0.717, 1.165) is 23.0 Å². The fourth-order valence-corrected chi connectivity index (χ4v) is 4.41. The van der Waals surface area contributed by atoms with E-state index < -0.39 is 10.0 Å². The fourth-order valence-electron chi connectivity index (χ4n) is 2.62. The molecule has 0 radical (unpaired) electrons. The van der Waals surface area contributed by atoms with Gasteiger partial charge in [-0.05, 0) is 36.2 Å². The number of aromatic nitrogens is 4. The molecule has 0 bridgehead atoms. The molecule has 2 heterocycles. The van der Waals surface area contributed by atoms with E-state index >= 15 is 0 Å². The molecule has 0 amide bonds. The monoisotopic (exact) mass is 385 g/mol. The van der Waals surface area contributed by atoms with Crippen LogP contribution in [-0.4, -0.2) is 33.5 Å². The fraction of sp³-hybridized carbons (Fsp3) is 0.118. The highest BCUT2D eigenvalue weighted by molar-refractivity contribution is 7.89. The number of rotatable bonds is 6. The third-order valence-corrected chi connectivity index (χ3v) is 5.94. The number of nitrogens with one attached hydrogen (secondary N) is 1. The van der Waals surface area contributed by atoms with Crippen LogP contribution in [0.15, 0.2) is 65.8 Å². The van der Waals surface area contributed by atoms with Gasteiger partial charge in [-0.25, -0.2) is 17.8 Å². The lowest BCUT2D eigenvalue weighted by Gasteiger charge is -2.06. The second-order valence-electron chi connectivity index (χ2n) is 5.66. The van der Waals surface area contributed by atoms with Crippen LogP contribution >= 0.6 is 11.7 Å². The van der Waals surface area contributed by atoms with Crippen LogP contribution in [0, 0.1) is 0 Å². The summed E-state index contributed by atoms with van der Waals surface area (Å²) >= 11 is 1.00. The summed E-state index contributed by atoms with van der Waals surface area (Å²) in [6.45, 7) is 0.275. The molecule has 7 nitrogen and oxygen atoms in total. The number of sulfonamides is 1. The van der Waals surface area contributed by atoms with E-state index in [0.29, 0.717) is 17.5 Å². The van der Waals surface area contributed by atoms with Crippen LogP contribution in [0.5, 0.6) is 0 Å². The SMILES string of the molecule is O=S(=O)(NCCc1cnn(-c2ccccc2)c1)c1cccc2nsnc12. The molecule has 1 N–H and O–H groups in total. The van der Waals surface area contributed by atoms with Crippen molar-refractivity contribution in [1.82, 2.24) is 23.2 Å². The summed E-state index contributed by atoms with van der Waals surface area (Å²) in [5, 5.41) is 4.32. The summed E-state index contributed by atoms with van der Waals surface area (Å²) in [4.78, 5) is 0.156. The molecule has 0 aliphatic heterocycles. The zero-order valence-corrected chi connectivity index (χ0v) is 15.2. The number of hydrogen-bond acceptors (Lipinski definition) is 6. The quantitative estimate of drug-likeness (QED) is 0.550. The number of fused-ring (bicyclic) bond motifs is 1. The summed E-state index contributed by atoms with van der Waals surface area (Å²) in [5.41, 5.74) is 2.90. The molecule has 2 aromatic carbocycles. The van der Waals surface area contributed by atoms with Crippen LogP contribution in [0.25, 0.3) is 16.7 Å². The van der Waals surface area contributed by atoms with Crippen molar-refractivity contribution in [3.63, 3.8) is 0 Å². The van der Waals surface area contributed by atoms with Crippen LogP contribution in [0.4, 0.5) is 0 Å². The Bertz CT molecular complexity index is 1140. The minimum Gasteiger partial charge on any atom is -0.241 e. The third kappa shape index (κ3) is 3.36. The summed E-state index contributed by atoms with van der Waals surface area (Å²) in [6, 6.07) is 14.7. The van der Waals surface area contributed by atoms with Gasteiger partial charge in [-0.15, -0.1) is 0 Å². The Hall–Kier alpha value is -2.62. The van der Waals surface area contributed by atoms with Crippen molar-refractivity contribution in [2.24, 2.45) is 0 Å². The minimum absolute atomic E-state index is 0.156. The van der Waals surface area contributed by atoms with E-state index in [-0.39, 0.29) is 11.4 Å². The predicted octanol–water partition coefficient (Wildman–Crippen LogP) is 2.40. The summed E-state index contributed by atoms with van der Waals surface area (Å²) in [6.07, 6.45) is 4.18. The average molecular weight is 385 g/mol. The molecule has 0 unspecified atom stereocenters. The van der Waals surface area contributed by atoms with Crippen LogP contribution < -0.4 is 4.72 Å². The van der Waals surface area contributed by atoms with Crippen LogP contribution in [-0.2, 0) is 16.4 Å². The first-order chi connectivity index (χ1) is 12.6. The average Bonchev–Trinajstić information content (AvgIpc) is 3.31. The van der Waals surface area contributed by atoms with Crippen molar-refractivity contribution >= 4 is 32.8 Å². The molecular formula is C17H15N5O2S2. The highest BCUT2D eigenvalue weighted by Crippen LogP contribution is 2.20. The maximum Gasteiger partial charge on any atom is 0.242 e. The van der Waals surface area contributed by atoms with Gasteiger partial charge in [0.2, 0.25) is 10.0 Å². The molecule has 2 aromatic heterocycles. The number of hydrogen-bond donors (Lipinski definition) is 1. The molecule has 26 heavy (non-hydrogen) atoms. The molecule has 0 atom stereocenters. The van der Waals surface area contributed by atoms with Gasteiger partial charge in [-0.2, -0.15) is 13.8 Å². The summed E-state index contributed by atoms with van der Waals surface area (Å²) < 4.78 is 37.7. The van der Waals surface area contributed by atoms with Gasteiger partial charge in [-0.1, -0.05) is 24.3 Å². The first-order valence-electron chi connectivity index (χ1n) is 7.93. The number of benzene rings is 2. The second kappa shape index (κ2) is 6.94. The number of nitrogens with zero attached hydrogens (tertiary/aromatic N) is 4. The van der Waals surface area contributed by atoms with Crippen LogP contribution in [0.2, 0.25) is 0 Å². The Labute approximate surface area is 154 Å². The molecular weight excluding hydrogens is 370 g/mol. The zero-order valence-electron chi connectivity index (χ0n) is 13.6. The lowest BCUT2D eigenvalue weighted by atomic mass is 10.2. The van der Waals surface area contributed by atoms with E-state index in [9.17, 15) is 8.42 Å². The van der Waals surface area contributed by atoms with Gasteiger partial charge in [0.1, 0.15) is 15.9 Å². The lowest BCUT2D eigenvalue weighted by Crippen LogP contribution is -2.26. The molecule has 0 saturated heterocycles. The lowest BCUT2D eigenvalue weighted by molar-refractivity contribution is 0.582. The Balaban J connectivity index is 1.45. The molecule has 4 aromatic rings. The molecule has 4 rings (SSSR count). The normalized spacial score (nSPS) is 11.8. The first kappa shape index (κ1) is 16.8. The Morgan fingerprint density at radius 1 is 1.04 bits per heavy atom. The highest BCUT2D eigenvalue weighted by atomic mass is 32.2. The van der Waals surface area contributed by atoms with Gasteiger partial charge in [0.25, 0.3) is 0 Å². The van der Waals surface area contributed by atoms with Crippen molar-refractivity contribution in [2.75, 3.05) is 6.54 Å².